The van der Waals surface area contributed by atoms with Gasteiger partial charge >= 0.3 is 15.2 Å². The molecule has 0 aromatic rings. The number of amidine groups is 1. The van der Waals surface area contributed by atoms with Crippen LogP contribution in [-0.2, 0) is 9.13 Å². The summed E-state index contributed by atoms with van der Waals surface area (Å²) in [5, 5.41) is 0.0754. The fraction of sp³-hybridized carbons (Fsp3) is 0.833. The minimum absolute atomic E-state index is 0.115. The molecule has 94 valence electrons. The van der Waals surface area contributed by atoms with Crippen LogP contribution in [0.2, 0.25) is 0 Å². The van der Waals surface area contributed by atoms with Crippen LogP contribution < -0.4 is 5.32 Å². The number of rotatable bonds is 2. The highest BCUT2D eigenvalue weighted by atomic mass is 31.2. The molecule has 10 heteroatoms. The average Bonchev–Trinajstić information content (AvgIpc) is 2.24. The Morgan fingerprint density at radius 3 is 2.19 bits per heavy atom. The van der Waals surface area contributed by atoms with Crippen LogP contribution in [0.25, 0.3) is 0 Å². The van der Waals surface area contributed by atoms with Crippen molar-refractivity contribution < 1.29 is 28.7 Å². The van der Waals surface area contributed by atoms with Crippen molar-refractivity contribution >= 4 is 21.0 Å². The summed E-state index contributed by atoms with van der Waals surface area (Å²) in [6.45, 7) is 1.78. The molecular formula is C6H14N2O6P2. The number of nitrogens with one attached hydrogen (secondary N) is 1. The molecule has 0 saturated heterocycles. The molecule has 0 unspecified atom stereocenters. The molecule has 0 radical (unpaired) electrons. The predicted molar refractivity (Wildman–Crippen MR) is 57.2 cm³/mol. The van der Waals surface area contributed by atoms with E-state index in [9.17, 15) is 9.13 Å². The Kier molecular flexibility index (Phi) is 3.65. The molecule has 0 atom stereocenters. The van der Waals surface area contributed by atoms with Crippen molar-refractivity contribution in [3.05, 3.63) is 0 Å². The zero-order valence-corrected chi connectivity index (χ0v) is 10.4. The molecule has 16 heavy (non-hydrogen) atoms. The van der Waals surface area contributed by atoms with Crippen LogP contribution in [0.5, 0.6) is 0 Å². The van der Waals surface area contributed by atoms with Crippen molar-refractivity contribution in [3.63, 3.8) is 0 Å². The van der Waals surface area contributed by atoms with Gasteiger partial charge in [0.15, 0.2) is 0 Å². The Hall–Kier alpha value is -0.230. The minimum Gasteiger partial charge on any atom is -0.374 e. The topological polar surface area (TPSA) is 139 Å². The third-order valence-corrected chi connectivity index (χ3v) is 6.43. The summed E-state index contributed by atoms with van der Waals surface area (Å²) in [5.41, 5.74) is 0. The maximum atomic E-state index is 11.3. The molecule has 0 fully saturated rings. The van der Waals surface area contributed by atoms with Crippen molar-refractivity contribution in [3.8, 4) is 0 Å². The highest BCUT2D eigenvalue weighted by Gasteiger charge is 2.60. The van der Waals surface area contributed by atoms with Crippen molar-refractivity contribution in [2.45, 2.75) is 24.8 Å². The first-order chi connectivity index (χ1) is 7.10. The molecule has 0 bridgehead atoms. The smallest absolute Gasteiger partial charge is 0.365 e. The van der Waals surface area contributed by atoms with Crippen molar-refractivity contribution in [2.75, 3.05) is 6.54 Å². The van der Waals surface area contributed by atoms with E-state index in [0.29, 0.717) is 6.54 Å². The maximum absolute atomic E-state index is 11.3. The number of hydrogen-bond acceptors (Lipinski definition) is 4. The van der Waals surface area contributed by atoms with Crippen LogP contribution in [0, 0.1) is 0 Å². The Morgan fingerprint density at radius 1 is 1.25 bits per heavy atom. The highest BCUT2D eigenvalue weighted by molar-refractivity contribution is 7.72. The van der Waals surface area contributed by atoms with Crippen LogP contribution in [0.3, 0.4) is 0 Å². The summed E-state index contributed by atoms with van der Waals surface area (Å²) < 4.78 is 22.6. The monoisotopic (exact) mass is 272 g/mol. The van der Waals surface area contributed by atoms with E-state index in [0.717, 1.165) is 0 Å². The summed E-state index contributed by atoms with van der Waals surface area (Å²) in [5.74, 6) is 0.115. The van der Waals surface area contributed by atoms with E-state index in [-0.39, 0.29) is 18.7 Å². The second kappa shape index (κ2) is 4.22. The lowest BCUT2D eigenvalue weighted by Gasteiger charge is -2.29. The van der Waals surface area contributed by atoms with E-state index in [1.165, 1.54) is 6.92 Å². The lowest BCUT2D eigenvalue weighted by molar-refractivity contribution is 0.303. The lowest BCUT2D eigenvalue weighted by atomic mass is 10.3. The molecule has 0 aromatic heterocycles. The number of hydrogen-bond donors (Lipinski definition) is 5. The zero-order valence-electron chi connectivity index (χ0n) is 8.57. The van der Waals surface area contributed by atoms with Crippen LogP contribution >= 0.6 is 15.2 Å². The maximum Gasteiger partial charge on any atom is 0.365 e. The fourth-order valence-corrected chi connectivity index (χ4v) is 4.37. The van der Waals surface area contributed by atoms with E-state index < -0.39 is 20.2 Å². The van der Waals surface area contributed by atoms with Gasteiger partial charge in [0.05, 0.1) is 5.84 Å². The van der Waals surface area contributed by atoms with Gasteiger partial charge in [0.2, 0.25) is 0 Å². The van der Waals surface area contributed by atoms with Gasteiger partial charge in [0.1, 0.15) is 0 Å². The van der Waals surface area contributed by atoms with Gasteiger partial charge in [0, 0.05) is 6.54 Å². The summed E-state index contributed by atoms with van der Waals surface area (Å²) in [4.78, 5) is 40.2. The van der Waals surface area contributed by atoms with E-state index in [2.05, 4.69) is 10.3 Å². The molecule has 1 rings (SSSR count). The van der Waals surface area contributed by atoms with Gasteiger partial charge in [0.25, 0.3) is 5.02 Å². The van der Waals surface area contributed by atoms with Crippen LogP contribution in [0.15, 0.2) is 4.99 Å². The molecule has 1 aliphatic rings. The Morgan fingerprint density at radius 2 is 1.75 bits per heavy atom. The first kappa shape index (κ1) is 13.8. The fourth-order valence-electron chi connectivity index (χ4n) is 1.55. The normalized spacial score (nSPS) is 21.9. The SMILES string of the molecule is CC1=NC(P(=O)(O)O)(P(=O)(O)O)CCCN1. The molecule has 0 aliphatic carbocycles. The lowest BCUT2D eigenvalue weighted by Crippen LogP contribution is -2.28. The molecule has 5 N–H and O–H groups in total. The molecule has 0 amide bonds. The first-order valence-electron chi connectivity index (χ1n) is 4.52. The number of nitrogens with zero attached hydrogens (tertiary/aromatic N) is 1. The second-order valence-electron chi connectivity index (χ2n) is 3.59. The minimum atomic E-state index is -5.05. The van der Waals surface area contributed by atoms with Gasteiger partial charge in [-0.25, -0.2) is 4.99 Å². The Bertz CT molecular complexity index is 374. The Labute approximate surface area is 92.1 Å². The third-order valence-electron chi connectivity index (χ3n) is 2.35. The van der Waals surface area contributed by atoms with Crippen LogP contribution in [0.4, 0.5) is 0 Å². The standard InChI is InChI=1S/C6H14N2O6P2/c1-5-7-4-2-3-6(8-5,15(9,10)11)16(12,13)14/h2-4H2,1H3,(H,7,8)(H2,9,10,11)(H2,12,13,14). The first-order valence-corrected chi connectivity index (χ1v) is 7.74. The summed E-state index contributed by atoms with van der Waals surface area (Å²) in [6.07, 6.45) is -0.136. The van der Waals surface area contributed by atoms with Crippen molar-refractivity contribution in [1.29, 1.82) is 0 Å². The van der Waals surface area contributed by atoms with Gasteiger partial charge in [-0.3, -0.25) is 9.13 Å². The van der Waals surface area contributed by atoms with E-state index in [1.54, 1.807) is 0 Å². The molecule has 0 saturated carbocycles. The molecule has 0 aromatic carbocycles. The zero-order chi connectivity index (χ0) is 12.6. The predicted octanol–water partition coefficient (Wildman–Crippen LogP) is -0.203. The highest BCUT2D eigenvalue weighted by Crippen LogP contribution is 2.71. The molecule has 1 aliphatic heterocycles. The quantitative estimate of drug-likeness (QED) is 0.438. The van der Waals surface area contributed by atoms with Gasteiger partial charge in [-0.15, -0.1) is 0 Å². The molecular weight excluding hydrogens is 258 g/mol. The van der Waals surface area contributed by atoms with E-state index in [1.807, 2.05) is 0 Å². The second-order valence-corrected chi connectivity index (χ2v) is 7.60. The third kappa shape index (κ3) is 2.37. The van der Waals surface area contributed by atoms with Gasteiger partial charge in [-0.1, -0.05) is 0 Å². The summed E-state index contributed by atoms with van der Waals surface area (Å²) in [7, 11) is -10.1. The van der Waals surface area contributed by atoms with Gasteiger partial charge in [-0.2, -0.15) is 0 Å². The van der Waals surface area contributed by atoms with Crippen LogP contribution in [-0.4, -0.2) is 37.0 Å². The van der Waals surface area contributed by atoms with Gasteiger partial charge in [-0.05, 0) is 19.8 Å². The number of aliphatic imine (C=N–C) groups is 1. The van der Waals surface area contributed by atoms with Crippen LogP contribution in [0.1, 0.15) is 19.8 Å². The van der Waals surface area contributed by atoms with E-state index in [4.69, 9.17) is 19.6 Å². The Balaban J connectivity index is 3.41. The molecule has 0 spiro atoms. The largest absolute Gasteiger partial charge is 0.374 e. The van der Waals surface area contributed by atoms with E-state index >= 15 is 0 Å². The van der Waals surface area contributed by atoms with Gasteiger partial charge < -0.3 is 24.9 Å². The molecule has 1 heterocycles. The summed E-state index contributed by atoms with van der Waals surface area (Å²) in [6, 6.07) is 0. The summed E-state index contributed by atoms with van der Waals surface area (Å²) >= 11 is 0. The molecule has 8 nitrogen and oxygen atoms in total. The van der Waals surface area contributed by atoms with Crippen molar-refractivity contribution in [2.24, 2.45) is 4.99 Å². The van der Waals surface area contributed by atoms with Crippen molar-refractivity contribution in [1.82, 2.24) is 5.32 Å². The average molecular weight is 272 g/mol.